The molecule has 0 amide bonds. The van der Waals surface area contributed by atoms with E-state index in [1.165, 1.54) is 29.8 Å². The van der Waals surface area contributed by atoms with Crippen LogP contribution in [0.2, 0.25) is 0 Å². The minimum Gasteiger partial charge on any atom is -0.489 e. The number of carboxylic acid groups (broad SMARTS) is 1. The number of aromatic carboxylic acids is 1. The molecule has 2 aromatic carbocycles. The third-order valence-electron chi connectivity index (χ3n) is 6.53. The minimum absolute atomic E-state index is 0.0602. The standard InChI is InChI=1S/C27H27N3O4/c31-26-22(15-18-7-3-1-4-8-18)25(28-24-16-23(27(32)33)29-30(24)26)20-11-13-21(14-12-20)34-17-19-9-5-2-6-10-19/h2,5-6,9-14,16,18,29H,1,3-4,7-8,15,17H2,(H,32,33). The Bertz CT molecular complexity index is 1350. The predicted octanol–water partition coefficient (Wildman–Crippen LogP) is 5.09. The number of carboxylic acids is 1. The van der Waals surface area contributed by atoms with Crippen molar-refractivity contribution in [1.82, 2.24) is 14.6 Å². The normalized spacial score (nSPS) is 14.4. The third kappa shape index (κ3) is 4.59. The fourth-order valence-electron chi connectivity index (χ4n) is 4.72. The molecule has 7 heteroatoms. The summed E-state index contributed by atoms with van der Waals surface area (Å²) in [5.74, 6) is 0.0386. The molecule has 2 aromatic heterocycles. The van der Waals surface area contributed by atoms with Gasteiger partial charge in [-0.05, 0) is 42.2 Å². The summed E-state index contributed by atoms with van der Waals surface area (Å²) in [7, 11) is 0. The van der Waals surface area contributed by atoms with E-state index in [1.54, 1.807) is 0 Å². The second-order valence-electron chi connectivity index (χ2n) is 8.92. The van der Waals surface area contributed by atoms with Gasteiger partial charge in [0.05, 0.1) is 5.69 Å². The highest BCUT2D eigenvalue weighted by Gasteiger charge is 2.22. The van der Waals surface area contributed by atoms with Gasteiger partial charge < -0.3 is 9.84 Å². The van der Waals surface area contributed by atoms with Crippen LogP contribution < -0.4 is 10.3 Å². The average Bonchev–Trinajstić information content (AvgIpc) is 3.31. The first-order valence-corrected chi connectivity index (χ1v) is 11.7. The van der Waals surface area contributed by atoms with Crippen LogP contribution in [0.5, 0.6) is 5.75 Å². The Hall–Kier alpha value is -3.87. The number of nitrogens with zero attached hydrogens (tertiary/aromatic N) is 2. The molecule has 2 N–H and O–H groups in total. The molecule has 7 nitrogen and oxygen atoms in total. The molecule has 5 rings (SSSR count). The fourth-order valence-corrected chi connectivity index (χ4v) is 4.72. The molecule has 0 saturated heterocycles. The van der Waals surface area contributed by atoms with Gasteiger partial charge in [0.25, 0.3) is 5.56 Å². The van der Waals surface area contributed by atoms with E-state index in [0.29, 0.717) is 35.9 Å². The Morgan fingerprint density at radius 1 is 1.06 bits per heavy atom. The van der Waals surface area contributed by atoms with Crippen molar-refractivity contribution >= 4 is 11.6 Å². The lowest BCUT2D eigenvalue weighted by molar-refractivity contribution is 0.0690. The number of fused-ring (bicyclic) bond motifs is 1. The second-order valence-corrected chi connectivity index (χ2v) is 8.92. The van der Waals surface area contributed by atoms with Crippen molar-refractivity contribution in [3.63, 3.8) is 0 Å². The Morgan fingerprint density at radius 3 is 2.50 bits per heavy atom. The van der Waals surface area contributed by atoms with E-state index >= 15 is 0 Å². The number of rotatable bonds is 7. The summed E-state index contributed by atoms with van der Waals surface area (Å²) in [4.78, 5) is 29.6. The van der Waals surface area contributed by atoms with Crippen molar-refractivity contribution in [2.75, 3.05) is 0 Å². The van der Waals surface area contributed by atoms with Crippen molar-refractivity contribution in [2.24, 2.45) is 5.92 Å². The number of benzene rings is 2. The molecule has 2 heterocycles. The van der Waals surface area contributed by atoms with Gasteiger partial charge >= 0.3 is 5.97 Å². The molecule has 34 heavy (non-hydrogen) atoms. The van der Waals surface area contributed by atoms with Crippen LogP contribution in [-0.4, -0.2) is 25.7 Å². The molecular formula is C27H27N3O4. The molecular weight excluding hydrogens is 430 g/mol. The van der Waals surface area contributed by atoms with Crippen LogP contribution in [-0.2, 0) is 13.0 Å². The molecule has 0 spiro atoms. The maximum atomic E-state index is 13.4. The number of hydrogen-bond donors (Lipinski definition) is 2. The molecule has 0 aliphatic heterocycles. The lowest BCUT2D eigenvalue weighted by Gasteiger charge is -2.22. The zero-order valence-corrected chi connectivity index (χ0v) is 18.9. The number of hydrogen-bond acceptors (Lipinski definition) is 4. The molecule has 174 valence electrons. The van der Waals surface area contributed by atoms with Gasteiger partial charge in [-0.15, -0.1) is 0 Å². The van der Waals surface area contributed by atoms with Gasteiger partial charge in [0.2, 0.25) is 0 Å². The Kier molecular flexibility index (Phi) is 6.16. The molecule has 0 radical (unpaired) electrons. The number of aromatic amines is 1. The molecule has 4 aromatic rings. The fraction of sp³-hybridized carbons (Fsp3) is 0.296. The quantitative estimate of drug-likeness (QED) is 0.403. The number of H-pyrrole nitrogens is 1. The average molecular weight is 458 g/mol. The second kappa shape index (κ2) is 9.55. The van der Waals surface area contributed by atoms with E-state index in [9.17, 15) is 14.7 Å². The summed E-state index contributed by atoms with van der Waals surface area (Å²) in [6.07, 6.45) is 6.42. The van der Waals surface area contributed by atoms with E-state index in [4.69, 9.17) is 9.72 Å². The van der Waals surface area contributed by atoms with Crippen molar-refractivity contribution in [2.45, 2.75) is 45.1 Å². The summed E-state index contributed by atoms with van der Waals surface area (Å²) in [6.45, 7) is 0.472. The predicted molar refractivity (Wildman–Crippen MR) is 129 cm³/mol. The molecule has 1 aliphatic carbocycles. The summed E-state index contributed by atoms with van der Waals surface area (Å²) in [6, 6.07) is 18.9. The van der Waals surface area contributed by atoms with Crippen LogP contribution in [0.4, 0.5) is 0 Å². The zero-order valence-electron chi connectivity index (χ0n) is 18.9. The summed E-state index contributed by atoms with van der Waals surface area (Å²) in [5, 5.41) is 12.1. The number of carbonyl (C=O) groups is 1. The zero-order chi connectivity index (χ0) is 23.5. The SMILES string of the molecule is O=C(O)c1cc2nc(-c3ccc(OCc4ccccc4)cc3)c(CC3CCCCC3)c(=O)n2[nH]1. The first kappa shape index (κ1) is 21.9. The monoisotopic (exact) mass is 457 g/mol. The maximum absolute atomic E-state index is 13.4. The van der Waals surface area contributed by atoms with Crippen LogP contribution in [0.3, 0.4) is 0 Å². The number of aromatic nitrogens is 3. The Morgan fingerprint density at radius 2 is 1.79 bits per heavy atom. The highest BCUT2D eigenvalue weighted by Crippen LogP contribution is 2.30. The van der Waals surface area contributed by atoms with Gasteiger partial charge in [0.1, 0.15) is 18.1 Å². The van der Waals surface area contributed by atoms with Crippen molar-refractivity contribution < 1.29 is 14.6 Å². The lowest BCUT2D eigenvalue weighted by Crippen LogP contribution is -2.24. The molecule has 0 atom stereocenters. The third-order valence-corrected chi connectivity index (χ3v) is 6.53. The first-order valence-electron chi connectivity index (χ1n) is 11.7. The number of ether oxygens (including phenoxy) is 1. The van der Waals surface area contributed by atoms with E-state index in [0.717, 1.165) is 29.7 Å². The maximum Gasteiger partial charge on any atom is 0.353 e. The minimum atomic E-state index is -1.12. The molecule has 1 fully saturated rings. The molecule has 0 bridgehead atoms. The molecule has 1 aliphatic rings. The van der Waals surface area contributed by atoms with Crippen molar-refractivity contribution in [3.05, 3.63) is 87.8 Å². The topological polar surface area (TPSA) is 96.7 Å². The van der Waals surface area contributed by atoms with Gasteiger partial charge in [0, 0.05) is 17.2 Å². The highest BCUT2D eigenvalue weighted by atomic mass is 16.5. The highest BCUT2D eigenvalue weighted by molar-refractivity contribution is 5.86. The van der Waals surface area contributed by atoms with E-state index in [-0.39, 0.29) is 11.3 Å². The van der Waals surface area contributed by atoms with Gasteiger partial charge in [-0.25, -0.2) is 14.3 Å². The van der Waals surface area contributed by atoms with Gasteiger partial charge in [-0.3, -0.25) is 9.89 Å². The largest absolute Gasteiger partial charge is 0.489 e. The van der Waals surface area contributed by atoms with Gasteiger partial charge in [-0.2, -0.15) is 0 Å². The van der Waals surface area contributed by atoms with Gasteiger partial charge in [-0.1, -0.05) is 62.4 Å². The van der Waals surface area contributed by atoms with Crippen LogP contribution in [0.25, 0.3) is 16.9 Å². The van der Waals surface area contributed by atoms with E-state index in [1.807, 2.05) is 54.6 Å². The smallest absolute Gasteiger partial charge is 0.353 e. The van der Waals surface area contributed by atoms with Crippen LogP contribution in [0.1, 0.15) is 53.7 Å². The number of nitrogens with one attached hydrogen (secondary N) is 1. The van der Waals surface area contributed by atoms with Crippen molar-refractivity contribution in [1.29, 1.82) is 0 Å². The van der Waals surface area contributed by atoms with Crippen LogP contribution >= 0.6 is 0 Å². The van der Waals surface area contributed by atoms with E-state index in [2.05, 4.69) is 5.10 Å². The van der Waals surface area contributed by atoms with E-state index < -0.39 is 5.97 Å². The Balaban J connectivity index is 1.49. The summed E-state index contributed by atoms with van der Waals surface area (Å²) >= 11 is 0. The van der Waals surface area contributed by atoms with Crippen LogP contribution in [0, 0.1) is 5.92 Å². The lowest BCUT2D eigenvalue weighted by atomic mass is 9.84. The first-order chi connectivity index (χ1) is 16.6. The molecule has 0 unspecified atom stereocenters. The summed E-state index contributed by atoms with van der Waals surface area (Å²) in [5.41, 5.74) is 3.15. The van der Waals surface area contributed by atoms with Crippen LogP contribution in [0.15, 0.2) is 65.5 Å². The van der Waals surface area contributed by atoms with Crippen molar-refractivity contribution in [3.8, 4) is 17.0 Å². The van der Waals surface area contributed by atoms with Gasteiger partial charge in [0.15, 0.2) is 5.65 Å². The molecule has 1 saturated carbocycles. The summed E-state index contributed by atoms with van der Waals surface area (Å²) < 4.78 is 7.15. The Labute approximate surface area is 197 Å².